The Kier molecular flexibility index (Phi) is 6.18. The minimum Gasteiger partial charge on any atom is -0.480 e. The van der Waals surface area contributed by atoms with Crippen LogP contribution >= 0.6 is 0 Å². The summed E-state index contributed by atoms with van der Waals surface area (Å²) in [6.07, 6.45) is 0.734. The number of rotatable bonds is 7. The molecule has 1 N–H and O–H groups in total. The van der Waals surface area contributed by atoms with Gasteiger partial charge in [0.25, 0.3) is 5.91 Å². The molecule has 1 aromatic rings. The van der Waals surface area contributed by atoms with Crippen LogP contribution in [0.2, 0.25) is 0 Å². The van der Waals surface area contributed by atoms with Crippen molar-refractivity contribution in [1.29, 1.82) is 0 Å². The Labute approximate surface area is 119 Å². The predicted molar refractivity (Wildman–Crippen MR) is 77.7 cm³/mol. The zero-order valence-corrected chi connectivity index (χ0v) is 12.3. The van der Waals surface area contributed by atoms with Gasteiger partial charge in [-0.3, -0.25) is 9.59 Å². The van der Waals surface area contributed by atoms with Crippen molar-refractivity contribution in [3.8, 4) is 0 Å². The third kappa shape index (κ3) is 5.01. The second kappa shape index (κ2) is 7.65. The molecule has 0 radical (unpaired) electrons. The highest BCUT2D eigenvalue weighted by Crippen LogP contribution is 2.09. The van der Waals surface area contributed by atoms with Crippen molar-refractivity contribution in [1.82, 2.24) is 9.80 Å². The average molecular weight is 278 g/mol. The molecule has 0 spiro atoms. The highest BCUT2D eigenvalue weighted by molar-refractivity contribution is 5.95. The highest BCUT2D eigenvalue weighted by atomic mass is 16.4. The standard InChI is InChI=1S/C15H22N2O3/c1-4-9-17(11-14(18)19)15(20)13-7-5-12(6-8-13)10-16(2)3/h5-8H,4,9-11H2,1-3H3,(H,18,19). The topological polar surface area (TPSA) is 60.9 Å². The first-order valence-corrected chi connectivity index (χ1v) is 6.68. The number of carbonyl (C=O) groups is 2. The zero-order chi connectivity index (χ0) is 15.1. The van der Waals surface area contributed by atoms with Crippen LogP contribution in [0.3, 0.4) is 0 Å². The van der Waals surface area contributed by atoms with E-state index in [9.17, 15) is 9.59 Å². The van der Waals surface area contributed by atoms with E-state index in [1.807, 2.05) is 38.1 Å². The lowest BCUT2D eigenvalue weighted by atomic mass is 10.1. The maximum atomic E-state index is 12.3. The molecule has 0 unspecified atom stereocenters. The Morgan fingerprint density at radius 3 is 2.20 bits per heavy atom. The quantitative estimate of drug-likeness (QED) is 0.824. The molecule has 5 heteroatoms. The third-order valence-corrected chi connectivity index (χ3v) is 2.81. The maximum absolute atomic E-state index is 12.3. The molecule has 0 atom stereocenters. The molecule has 1 rings (SSSR count). The van der Waals surface area contributed by atoms with Gasteiger partial charge >= 0.3 is 5.97 Å². The lowest BCUT2D eigenvalue weighted by molar-refractivity contribution is -0.137. The first-order chi connectivity index (χ1) is 9.43. The van der Waals surface area contributed by atoms with Crippen LogP contribution in [0.1, 0.15) is 29.3 Å². The molecule has 0 aliphatic heterocycles. The van der Waals surface area contributed by atoms with E-state index < -0.39 is 5.97 Å². The van der Waals surface area contributed by atoms with Crippen molar-refractivity contribution in [3.63, 3.8) is 0 Å². The molecule has 0 aliphatic rings. The normalized spacial score (nSPS) is 10.6. The molecule has 0 fully saturated rings. The number of aliphatic carboxylic acids is 1. The van der Waals surface area contributed by atoms with Gasteiger partial charge in [0.1, 0.15) is 6.54 Å². The molecular weight excluding hydrogens is 256 g/mol. The van der Waals surface area contributed by atoms with Gasteiger partial charge in [0.05, 0.1) is 0 Å². The molecule has 0 aliphatic carbocycles. The number of benzene rings is 1. The Bertz CT molecular complexity index is 455. The van der Waals surface area contributed by atoms with Crippen LogP contribution in [0.4, 0.5) is 0 Å². The van der Waals surface area contributed by atoms with Crippen LogP contribution in [-0.2, 0) is 11.3 Å². The first kappa shape index (κ1) is 16.2. The van der Waals surface area contributed by atoms with E-state index in [0.717, 1.165) is 18.5 Å². The van der Waals surface area contributed by atoms with Gasteiger partial charge in [0, 0.05) is 18.7 Å². The van der Waals surface area contributed by atoms with Crippen molar-refractivity contribution < 1.29 is 14.7 Å². The summed E-state index contributed by atoms with van der Waals surface area (Å²) >= 11 is 0. The molecule has 1 aromatic carbocycles. The molecule has 0 saturated carbocycles. The van der Waals surface area contributed by atoms with E-state index in [0.29, 0.717) is 12.1 Å². The number of nitrogens with zero attached hydrogens (tertiary/aromatic N) is 2. The van der Waals surface area contributed by atoms with Gasteiger partial charge in [0.15, 0.2) is 0 Å². The summed E-state index contributed by atoms with van der Waals surface area (Å²) in [5.41, 5.74) is 1.65. The van der Waals surface area contributed by atoms with Crippen LogP contribution < -0.4 is 0 Å². The minimum absolute atomic E-state index is 0.231. The van der Waals surface area contributed by atoms with Crippen LogP contribution in [-0.4, -0.2) is 54.0 Å². The minimum atomic E-state index is -0.990. The van der Waals surface area contributed by atoms with Crippen LogP contribution in [0, 0.1) is 0 Å². The fraction of sp³-hybridized carbons (Fsp3) is 0.467. The SMILES string of the molecule is CCCN(CC(=O)O)C(=O)c1ccc(CN(C)C)cc1. The number of carbonyl (C=O) groups excluding carboxylic acids is 1. The number of amides is 1. The number of hydrogen-bond acceptors (Lipinski definition) is 3. The van der Waals surface area contributed by atoms with Gasteiger partial charge in [-0.1, -0.05) is 19.1 Å². The smallest absolute Gasteiger partial charge is 0.323 e. The second-order valence-electron chi connectivity index (χ2n) is 5.06. The third-order valence-electron chi connectivity index (χ3n) is 2.81. The summed E-state index contributed by atoms with van der Waals surface area (Å²) in [5.74, 6) is -1.22. The zero-order valence-electron chi connectivity index (χ0n) is 12.3. The van der Waals surface area contributed by atoms with Crippen molar-refractivity contribution in [3.05, 3.63) is 35.4 Å². The fourth-order valence-corrected chi connectivity index (χ4v) is 1.99. The van der Waals surface area contributed by atoms with Crippen molar-refractivity contribution >= 4 is 11.9 Å². The number of carboxylic acid groups (broad SMARTS) is 1. The summed E-state index contributed by atoms with van der Waals surface area (Å²) in [4.78, 5) is 26.5. The van der Waals surface area contributed by atoms with Crippen LogP contribution in [0.15, 0.2) is 24.3 Å². The molecule has 0 aromatic heterocycles. The molecule has 0 bridgehead atoms. The molecule has 0 heterocycles. The molecule has 5 nitrogen and oxygen atoms in total. The average Bonchev–Trinajstić information content (AvgIpc) is 2.37. The Balaban J connectivity index is 2.80. The monoisotopic (exact) mass is 278 g/mol. The summed E-state index contributed by atoms with van der Waals surface area (Å²) in [5, 5.41) is 8.85. The van der Waals surface area contributed by atoms with E-state index in [1.54, 1.807) is 12.1 Å². The first-order valence-electron chi connectivity index (χ1n) is 6.68. The lowest BCUT2D eigenvalue weighted by Gasteiger charge is -2.20. The lowest BCUT2D eigenvalue weighted by Crippen LogP contribution is -2.36. The molecular formula is C15H22N2O3. The summed E-state index contributed by atoms with van der Waals surface area (Å²) in [7, 11) is 3.96. The summed E-state index contributed by atoms with van der Waals surface area (Å²) in [6.45, 7) is 2.92. The summed E-state index contributed by atoms with van der Waals surface area (Å²) < 4.78 is 0. The second-order valence-corrected chi connectivity index (χ2v) is 5.06. The maximum Gasteiger partial charge on any atom is 0.323 e. The Hall–Kier alpha value is -1.88. The predicted octanol–water partition coefficient (Wildman–Crippen LogP) is 1.68. The van der Waals surface area contributed by atoms with Crippen LogP contribution in [0.5, 0.6) is 0 Å². The van der Waals surface area contributed by atoms with Gasteiger partial charge in [-0.05, 0) is 38.2 Å². The van der Waals surface area contributed by atoms with Gasteiger partial charge in [-0.15, -0.1) is 0 Å². The van der Waals surface area contributed by atoms with Crippen molar-refractivity contribution in [2.75, 3.05) is 27.2 Å². The van der Waals surface area contributed by atoms with Crippen molar-refractivity contribution in [2.24, 2.45) is 0 Å². The molecule has 20 heavy (non-hydrogen) atoms. The highest BCUT2D eigenvalue weighted by Gasteiger charge is 2.17. The number of hydrogen-bond donors (Lipinski definition) is 1. The van der Waals surface area contributed by atoms with Gasteiger partial charge in [0.2, 0.25) is 0 Å². The fourth-order valence-electron chi connectivity index (χ4n) is 1.99. The van der Waals surface area contributed by atoms with Gasteiger partial charge in [-0.25, -0.2) is 0 Å². The Morgan fingerprint density at radius 1 is 1.15 bits per heavy atom. The van der Waals surface area contributed by atoms with E-state index in [-0.39, 0.29) is 12.5 Å². The van der Waals surface area contributed by atoms with E-state index in [1.165, 1.54) is 4.90 Å². The summed E-state index contributed by atoms with van der Waals surface area (Å²) in [6, 6.07) is 7.31. The molecule has 1 amide bonds. The largest absolute Gasteiger partial charge is 0.480 e. The van der Waals surface area contributed by atoms with Crippen molar-refractivity contribution in [2.45, 2.75) is 19.9 Å². The van der Waals surface area contributed by atoms with Gasteiger partial charge in [-0.2, -0.15) is 0 Å². The van der Waals surface area contributed by atoms with E-state index in [2.05, 4.69) is 0 Å². The van der Waals surface area contributed by atoms with Gasteiger partial charge < -0.3 is 14.9 Å². The van der Waals surface area contributed by atoms with Crippen LogP contribution in [0.25, 0.3) is 0 Å². The number of carboxylic acids is 1. The van der Waals surface area contributed by atoms with E-state index in [4.69, 9.17) is 5.11 Å². The van der Waals surface area contributed by atoms with E-state index >= 15 is 0 Å². The molecule has 110 valence electrons. The Morgan fingerprint density at radius 2 is 1.75 bits per heavy atom. The molecule has 0 saturated heterocycles.